The number of aliphatic carboxylic acids is 1. The molecule has 184 valence electrons. The van der Waals surface area contributed by atoms with Crippen LogP contribution in [0.1, 0.15) is 26.7 Å². The molecule has 7 atom stereocenters. The van der Waals surface area contributed by atoms with Gasteiger partial charge >= 0.3 is 5.97 Å². The van der Waals surface area contributed by atoms with E-state index >= 15 is 0 Å². The standard InChI is InChI=1S/C22H33FN4O5S/c1-11-17-16(12(2)28)21(30)27(17)18(22(31)32)19(11)33-14-7-15(25-9-14)20(29)26-6-3-13(10-26)8-24-5-4-23/h11-17,24-25,28H,3-10H2,1-2H3,(H,31,32)/t11-,12-,13-,14+,15+,16-,17-/m1/s1. The normalized spacial score (nSPS) is 34.6. The lowest BCUT2D eigenvalue weighted by Gasteiger charge is -2.46. The lowest BCUT2D eigenvalue weighted by atomic mass is 9.79. The number of nitrogens with one attached hydrogen (secondary N) is 2. The van der Waals surface area contributed by atoms with Crippen LogP contribution < -0.4 is 10.6 Å². The van der Waals surface area contributed by atoms with Gasteiger partial charge in [-0.05, 0) is 32.2 Å². The number of carboxylic acids is 1. The van der Waals surface area contributed by atoms with Crippen molar-refractivity contribution < 1.29 is 29.0 Å². The van der Waals surface area contributed by atoms with Crippen molar-refractivity contribution in [1.82, 2.24) is 20.4 Å². The van der Waals surface area contributed by atoms with Crippen molar-refractivity contribution in [1.29, 1.82) is 0 Å². The molecule has 0 aliphatic carbocycles. The number of nitrogens with zero attached hydrogens (tertiary/aromatic N) is 2. The SMILES string of the molecule is C[C@@H](O)[C@H]1C(=O)N2C(C(=O)O)=C(S[C@@H]3CN[C@H](C(=O)N4CC[C@H](CNCCF)C4)C3)[C@H](C)[C@H]12. The highest BCUT2D eigenvalue weighted by Crippen LogP contribution is 2.51. The molecule has 4 aliphatic heterocycles. The molecule has 9 nitrogen and oxygen atoms in total. The predicted molar refractivity (Wildman–Crippen MR) is 121 cm³/mol. The van der Waals surface area contributed by atoms with Gasteiger partial charge in [0.2, 0.25) is 11.8 Å². The highest BCUT2D eigenvalue weighted by molar-refractivity contribution is 8.03. The second-order valence-electron chi connectivity index (χ2n) is 9.54. The first-order valence-corrected chi connectivity index (χ1v) is 12.6. The number of amides is 2. The van der Waals surface area contributed by atoms with E-state index in [-0.39, 0.29) is 40.8 Å². The average molecular weight is 485 g/mol. The highest BCUT2D eigenvalue weighted by atomic mass is 32.2. The number of alkyl halides is 1. The summed E-state index contributed by atoms with van der Waals surface area (Å²) in [5.74, 6) is -1.83. The van der Waals surface area contributed by atoms with E-state index in [4.69, 9.17) is 0 Å². The minimum Gasteiger partial charge on any atom is -0.477 e. The maximum Gasteiger partial charge on any atom is 0.353 e. The molecular formula is C22H33FN4O5S. The average Bonchev–Trinajstić information content (AvgIpc) is 3.47. The van der Waals surface area contributed by atoms with Crippen molar-refractivity contribution >= 4 is 29.5 Å². The largest absolute Gasteiger partial charge is 0.477 e. The monoisotopic (exact) mass is 484 g/mol. The third-order valence-electron chi connectivity index (χ3n) is 7.30. The number of β-lactam (4-membered cyclic amide) rings is 1. The Bertz CT molecular complexity index is 840. The van der Waals surface area contributed by atoms with Crippen molar-refractivity contribution in [2.75, 3.05) is 39.4 Å². The predicted octanol–water partition coefficient (Wildman–Crippen LogP) is 0.0114. The second-order valence-corrected chi connectivity index (χ2v) is 10.9. The lowest BCUT2D eigenvalue weighted by Crippen LogP contribution is -2.63. The number of carboxylic acid groups (broad SMARTS) is 1. The summed E-state index contributed by atoms with van der Waals surface area (Å²) < 4.78 is 12.3. The maximum atomic E-state index is 13.0. The molecule has 11 heteroatoms. The molecule has 0 spiro atoms. The molecule has 4 N–H and O–H groups in total. The smallest absolute Gasteiger partial charge is 0.353 e. The quantitative estimate of drug-likeness (QED) is 0.267. The second kappa shape index (κ2) is 9.89. The highest BCUT2D eigenvalue weighted by Gasteiger charge is 2.60. The summed E-state index contributed by atoms with van der Waals surface area (Å²) in [7, 11) is 0. The minimum atomic E-state index is -1.13. The van der Waals surface area contributed by atoms with Crippen molar-refractivity contribution in [2.45, 2.75) is 50.1 Å². The zero-order valence-corrected chi connectivity index (χ0v) is 19.8. The Balaban J connectivity index is 1.36. The number of hydrogen-bond acceptors (Lipinski definition) is 7. The van der Waals surface area contributed by atoms with Gasteiger partial charge in [-0.3, -0.25) is 9.59 Å². The zero-order valence-electron chi connectivity index (χ0n) is 19.0. The maximum absolute atomic E-state index is 13.0. The Hall–Kier alpha value is -1.69. The molecular weight excluding hydrogens is 451 g/mol. The van der Waals surface area contributed by atoms with Crippen LogP contribution in [0, 0.1) is 17.8 Å². The van der Waals surface area contributed by atoms with E-state index in [0.29, 0.717) is 50.0 Å². The minimum absolute atomic E-state index is 0.0224. The molecule has 3 saturated heterocycles. The van der Waals surface area contributed by atoms with Gasteiger partial charge in [0.25, 0.3) is 0 Å². The summed E-state index contributed by atoms with van der Waals surface area (Å²) in [6.45, 7) is 6.06. The Morgan fingerprint density at radius 1 is 1.39 bits per heavy atom. The fraction of sp³-hybridized carbons (Fsp3) is 0.773. The van der Waals surface area contributed by atoms with Crippen LogP contribution in [0.15, 0.2) is 10.6 Å². The van der Waals surface area contributed by atoms with E-state index in [0.717, 1.165) is 6.42 Å². The number of fused-ring (bicyclic) bond motifs is 1. The zero-order chi connectivity index (χ0) is 23.9. The molecule has 0 unspecified atom stereocenters. The van der Waals surface area contributed by atoms with Crippen molar-refractivity contribution in [3.8, 4) is 0 Å². The van der Waals surface area contributed by atoms with Crippen LogP contribution in [0.4, 0.5) is 4.39 Å². The summed E-state index contributed by atoms with van der Waals surface area (Å²) in [5.41, 5.74) is 0.0253. The van der Waals surface area contributed by atoms with Gasteiger partial charge in [0.05, 0.1) is 24.1 Å². The number of aliphatic hydroxyl groups is 1. The number of rotatable bonds is 9. The molecule has 4 heterocycles. The van der Waals surface area contributed by atoms with Gasteiger partial charge in [0, 0.05) is 42.3 Å². The molecule has 3 fully saturated rings. The van der Waals surface area contributed by atoms with Gasteiger partial charge in [0.1, 0.15) is 12.4 Å². The number of likely N-dealkylation sites (tertiary alicyclic amines) is 1. The van der Waals surface area contributed by atoms with Crippen LogP contribution >= 0.6 is 11.8 Å². The van der Waals surface area contributed by atoms with E-state index in [1.54, 1.807) is 6.92 Å². The van der Waals surface area contributed by atoms with Crippen molar-refractivity contribution in [3.05, 3.63) is 10.6 Å². The fourth-order valence-electron chi connectivity index (χ4n) is 5.63. The number of hydrogen-bond donors (Lipinski definition) is 4. The molecule has 33 heavy (non-hydrogen) atoms. The number of carbonyl (C=O) groups excluding carboxylic acids is 2. The van der Waals surface area contributed by atoms with Crippen molar-refractivity contribution in [3.63, 3.8) is 0 Å². The van der Waals surface area contributed by atoms with Crippen LogP contribution in [0.2, 0.25) is 0 Å². The van der Waals surface area contributed by atoms with E-state index in [1.165, 1.54) is 16.7 Å². The van der Waals surface area contributed by atoms with E-state index < -0.39 is 24.7 Å². The first kappa shape index (κ1) is 24.4. The summed E-state index contributed by atoms with van der Waals surface area (Å²) in [6, 6.07) is -0.639. The molecule has 0 saturated carbocycles. The summed E-state index contributed by atoms with van der Waals surface area (Å²) in [5, 5.41) is 26.2. The van der Waals surface area contributed by atoms with E-state index in [1.807, 2.05) is 11.8 Å². The van der Waals surface area contributed by atoms with Crippen LogP contribution in [-0.4, -0.2) is 101 Å². The Kier molecular flexibility index (Phi) is 7.32. The number of carbonyl (C=O) groups is 3. The molecule has 0 bridgehead atoms. The van der Waals surface area contributed by atoms with Gasteiger partial charge < -0.3 is 30.6 Å². The van der Waals surface area contributed by atoms with Gasteiger partial charge in [0.15, 0.2) is 0 Å². The summed E-state index contributed by atoms with van der Waals surface area (Å²) >= 11 is 1.45. The van der Waals surface area contributed by atoms with Crippen LogP contribution in [0.25, 0.3) is 0 Å². The van der Waals surface area contributed by atoms with Crippen LogP contribution in [0.3, 0.4) is 0 Å². The fourth-order valence-corrected chi connectivity index (χ4v) is 7.11. The first-order chi connectivity index (χ1) is 15.7. The van der Waals surface area contributed by atoms with Crippen molar-refractivity contribution in [2.24, 2.45) is 17.8 Å². The Morgan fingerprint density at radius 3 is 2.82 bits per heavy atom. The summed E-state index contributed by atoms with van der Waals surface area (Å²) in [6.07, 6.45) is 0.664. The van der Waals surface area contributed by atoms with Crippen LogP contribution in [0.5, 0.6) is 0 Å². The third kappa shape index (κ3) is 4.52. The van der Waals surface area contributed by atoms with Gasteiger partial charge in [-0.1, -0.05) is 6.92 Å². The first-order valence-electron chi connectivity index (χ1n) is 11.7. The van der Waals surface area contributed by atoms with Crippen LogP contribution in [-0.2, 0) is 14.4 Å². The number of thioether (sulfide) groups is 1. The summed E-state index contributed by atoms with van der Waals surface area (Å²) in [4.78, 5) is 41.3. The Morgan fingerprint density at radius 2 is 2.15 bits per heavy atom. The van der Waals surface area contributed by atoms with E-state index in [9.17, 15) is 29.0 Å². The molecule has 4 aliphatic rings. The van der Waals surface area contributed by atoms with Gasteiger partial charge in [-0.15, -0.1) is 11.8 Å². The molecule has 0 aromatic heterocycles. The number of halogens is 1. The topological polar surface area (TPSA) is 122 Å². The Labute approximate surface area is 197 Å². The molecule has 0 aromatic rings. The molecule has 2 amide bonds. The molecule has 4 rings (SSSR count). The molecule has 0 radical (unpaired) electrons. The van der Waals surface area contributed by atoms with Gasteiger partial charge in [-0.2, -0.15) is 0 Å². The lowest BCUT2D eigenvalue weighted by molar-refractivity contribution is -0.163. The molecule has 0 aromatic carbocycles. The van der Waals surface area contributed by atoms with E-state index in [2.05, 4.69) is 10.6 Å². The number of aliphatic hydroxyl groups excluding tert-OH is 1. The third-order valence-corrected chi connectivity index (χ3v) is 8.81. The van der Waals surface area contributed by atoms with Gasteiger partial charge in [-0.25, -0.2) is 9.18 Å².